The van der Waals surface area contributed by atoms with E-state index in [1.54, 1.807) is 13.3 Å². The van der Waals surface area contributed by atoms with Crippen LogP contribution in [0.25, 0.3) is 0 Å². The Balaban J connectivity index is 2.74. The molecule has 0 bridgehead atoms. The van der Waals surface area contributed by atoms with Crippen molar-refractivity contribution >= 4 is 0 Å². The molecule has 1 N–H and O–H groups in total. The smallest absolute Gasteiger partial charge is 0.213 e. The maximum absolute atomic E-state index is 4.96. The molecule has 0 saturated carbocycles. The molecule has 1 heterocycles. The predicted molar refractivity (Wildman–Crippen MR) is 43.6 cm³/mol. The van der Waals surface area contributed by atoms with Crippen LogP contribution in [0, 0.1) is 0 Å². The van der Waals surface area contributed by atoms with Gasteiger partial charge in [-0.15, -0.1) is 0 Å². The number of aromatic nitrogens is 1. The van der Waals surface area contributed by atoms with Crippen molar-refractivity contribution in [2.24, 2.45) is 0 Å². The summed E-state index contributed by atoms with van der Waals surface area (Å²) >= 11 is 0. The minimum Gasteiger partial charge on any atom is -0.481 e. The van der Waals surface area contributed by atoms with Gasteiger partial charge in [0.15, 0.2) is 0 Å². The molecule has 11 heavy (non-hydrogen) atoms. The van der Waals surface area contributed by atoms with Gasteiger partial charge in [0.2, 0.25) is 5.88 Å². The number of hydrogen-bond acceptors (Lipinski definition) is 3. The van der Waals surface area contributed by atoms with Gasteiger partial charge < -0.3 is 10.1 Å². The van der Waals surface area contributed by atoms with E-state index < -0.39 is 0 Å². The summed E-state index contributed by atoms with van der Waals surface area (Å²) in [5.74, 6) is 0.665. The van der Waals surface area contributed by atoms with Crippen molar-refractivity contribution in [1.29, 1.82) is 0 Å². The lowest BCUT2D eigenvalue weighted by Gasteiger charge is -2.01. The first kappa shape index (κ1) is 8.01. The topological polar surface area (TPSA) is 34.2 Å². The van der Waals surface area contributed by atoms with Gasteiger partial charge in [0, 0.05) is 18.8 Å². The third kappa shape index (κ3) is 2.20. The summed E-state index contributed by atoms with van der Waals surface area (Å²) < 4.78 is 4.96. The monoisotopic (exact) mass is 152 g/mol. The molecule has 0 aliphatic rings. The number of nitrogens with one attached hydrogen (secondary N) is 1. The highest BCUT2D eigenvalue weighted by atomic mass is 16.5. The summed E-state index contributed by atoms with van der Waals surface area (Å²) in [5.41, 5.74) is 1.18. The van der Waals surface area contributed by atoms with E-state index in [-0.39, 0.29) is 0 Å². The van der Waals surface area contributed by atoms with E-state index in [4.69, 9.17) is 4.74 Å². The first-order valence-electron chi connectivity index (χ1n) is 3.50. The van der Waals surface area contributed by atoms with Crippen molar-refractivity contribution in [2.75, 3.05) is 14.2 Å². The predicted octanol–water partition coefficient (Wildman–Crippen LogP) is 0.810. The van der Waals surface area contributed by atoms with Crippen LogP contribution in [-0.4, -0.2) is 19.1 Å². The molecule has 1 aromatic heterocycles. The molecule has 0 fully saturated rings. The number of pyridine rings is 1. The Morgan fingerprint density at radius 2 is 2.45 bits per heavy atom. The Morgan fingerprint density at radius 3 is 3.09 bits per heavy atom. The lowest BCUT2D eigenvalue weighted by molar-refractivity contribution is 0.397. The Kier molecular flexibility index (Phi) is 2.86. The van der Waals surface area contributed by atoms with E-state index in [0.717, 1.165) is 6.54 Å². The SMILES string of the molecule is CNCc1ccnc(OC)c1. The van der Waals surface area contributed by atoms with E-state index in [9.17, 15) is 0 Å². The summed E-state index contributed by atoms with van der Waals surface area (Å²) in [6.07, 6.45) is 1.74. The van der Waals surface area contributed by atoms with Crippen molar-refractivity contribution < 1.29 is 4.74 Å². The van der Waals surface area contributed by atoms with Gasteiger partial charge in [-0.25, -0.2) is 4.98 Å². The maximum atomic E-state index is 4.96. The highest BCUT2D eigenvalue weighted by Crippen LogP contribution is 2.07. The fourth-order valence-corrected chi connectivity index (χ4v) is 0.876. The summed E-state index contributed by atoms with van der Waals surface area (Å²) in [4.78, 5) is 3.99. The Bertz CT molecular complexity index is 225. The average molecular weight is 152 g/mol. The normalized spacial score (nSPS) is 9.64. The summed E-state index contributed by atoms with van der Waals surface area (Å²) in [5, 5.41) is 3.05. The van der Waals surface area contributed by atoms with E-state index in [2.05, 4.69) is 10.3 Å². The van der Waals surface area contributed by atoms with E-state index in [1.807, 2.05) is 19.2 Å². The molecule has 60 valence electrons. The van der Waals surface area contributed by atoms with Crippen LogP contribution in [0.4, 0.5) is 0 Å². The van der Waals surface area contributed by atoms with Crippen LogP contribution in [-0.2, 0) is 6.54 Å². The standard InChI is InChI=1S/C8H12N2O/c1-9-6-7-3-4-10-8(5-7)11-2/h3-5,9H,6H2,1-2H3. The number of methoxy groups -OCH3 is 1. The highest BCUT2D eigenvalue weighted by molar-refractivity contribution is 5.19. The molecule has 0 radical (unpaired) electrons. The average Bonchev–Trinajstić information content (AvgIpc) is 2.06. The molecule has 1 aromatic rings. The molecule has 0 aliphatic heterocycles. The lowest BCUT2D eigenvalue weighted by Crippen LogP contribution is -2.05. The zero-order valence-electron chi connectivity index (χ0n) is 6.79. The molecule has 1 rings (SSSR count). The Hall–Kier alpha value is -1.09. The highest BCUT2D eigenvalue weighted by Gasteiger charge is 1.93. The zero-order chi connectivity index (χ0) is 8.10. The van der Waals surface area contributed by atoms with Crippen molar-refractivity contribution in [2.45, 2.75) is 6.54 Å². The fraction of sp³-hybridized carbons (Fsp3) is 0.375. The number of nitrogens with zero attached hydrogens (tertiary/aromatic N) is 1. The molecule has 0 spiro atoms. The molecular weight excluding hydrogens is 140 g/mol. The van der Waals surface area contributed by atoms with Crippen LogP contribution in [0.5, 0.6) is 5.88 Å². The molecule has 0 unspecified atom stereocenters. The second kappa shape index (κ2) is 3.93. The van der Waals surface area contributed by atoms with Crippen molar-refractivity contribution in [3.05, 3.63) is 23.9 Å². The minimum atomic E-state index is 0.665. The van der Waals surface area contributed by atoms with Gasteiger partial charge in [-0.2, -0.15) is 0 Å². The van der Waals surface area contributed by atoms with Crippen LogP contribution in [0.2, 0.25) is 0 Å². The van der Waals surface area contributed by atoms with Gasteiger partial charge in [-0.05, 0) is 18.7 Å². The second-order valence-electron chi connectivity index (χ2n) is 2.24. The van der Waals surface area contributed by atoms with Crippen molar-refractivity contribution in [3.63, 3.8) is 0 Å². The van der Waals surface area contributed by atoms with Crippen LogP contribution in [0.15, 0.2) is 18.3 Å². The molecular formula is C8H12N2O. The quantitative estimate of drug-likeness (QED) is 0.696. The molecule has 0 aromatic carbocycles. The van der Waals surface area contributed by atoms with Crippen LogP contribution in [0.1, 0.15) is 5.56 Å². The number of rotatable bonds is 3. The van der Waals surface area contributed by atoms with Gasteiger partial charge in [0.1, 0.15) is 0 Å². The third-order valence-electron chi connectivity index (χ3n) is 1.39. The van der Waals surface area contributed by atoms with Gasteiger partial charge in [-0.3, -0.25) is 0 Å². The van der Waals surface area contributed by atoms with Gasteiger partial charge in [0.25, 0.3) is 0 Å². The number of ether oxygens (including phenoxy) is 1. The largest absolute Gasteiger partial charge is 0.481 e. The molecule has 0 amide bonds. The van der Waals surface area contributed by atoms with E-state index in [0.29, 0.717) is 5.88 Å². The second-order valence-corrected chi connectivity index (χ2v) is 2.24. The first-order chi connectivity index (χ1) is 5.36. The van der Waals surface area contributed by atoms with Crippen LogP contribution < -0.4 is 10.1 Å². The minimum absolute atomic E-state index is 0.665. The maximum Gasteiger partial charge on any atom is 0.213 e. The van der Waals surface area contributed by atoms with Crippen LogP contribution >= 0.6 is 0 Å². The lowest BCUT2D eigenvalue weighted by atomic mass is 10.3. The summed E-state index contributed by atoms with van der Waals surface area (Å²) in [6, 6.07) is 3.87. The Labute approximate surface area is 66.4 Å². The molecule has 3 nitrogen and oxygen atoms in total. The Morgan fingerprint density at radius 1 is 1.64 bits per heavy atom. The van der Waals surface area contributed by atoms with Gasteiger partial charge in [0.05, 0.1) is 7.11 Å². The number of hydrogen-bond donors (Lipinski definition) is 1. The first-order valence-corrected chi connectivity index (χ1v) is 3.50. The summed E-state index contributed by atoms with van der Waals surface area (Å²) in [6.45, 7) is 0.846. The van der Waals surface area contributed by atoms with E-state index >= 15 is 0 Å². The van der Waals surface area contributed by atoms with E-state index in [1.165, 1.54) is 5.56 Å². The van der Waals surface area contributed by atoms with Gasteiger partial charge in [-0.1, -0.05) is 0 Å². The van der Waals surface area contributed by atoms with Crippen molar-refractivity contribution in [1.82, 2.24) is 10.3 Å². The molecule has 0 aliphatic carbocycles. The van der Waals surface area contributed by atoms with Gasteiger partial charge >= 0.3 is 0 Å². The van der Waals surface area contributed by atoms with Crippen molar-refractivity contribution in [3.8, 4) is 5.88 Å². The molecule has 0 atom stereocenters. The van der Waals surface area contributed by atoms with Crippen LogP contribution in [0.3, 0.4) is 0 Å². The summed E-state index contributed by atoms with van der Waals surface area (Å²) in [7, 11) is 3.53. The molecule has 0 saturated heterocycles. The fourth-order valence-electron chi connectivity index (χ4n) is 0.876. The zero-order valence-corrected chi connectivity index (χ0v) is 6.79. The molecule has 3 heteroatoms. The third-order valence-corrected chi connectivity index (χ3v) is 1.39.